The Morgan fingerprint density at radius 2 is 2.06 bits per heavy atom. The van der Waals surface area contributed by atoms with Gasteiger partial charge in [0, 0.05) is 29.6 Å². The molecule has 0 saturated carbocycles. The minimum Gasteiger partial charge on any atom is -0.483 e. The number of hydrogen-bond donors (Lipinski definition) is 1. The predicted molar refractivity (Wildman–Crippen MR) is 122 cm³/mol. The van der Waals surface area contributed by atoms with Crippen LogP contribution < -0.4 is 15.7 Å². The number of hydrogen-bond acceptors (Lipinski definition) is 5. The Labute approximate surface area is 183 Å². The molecule has 0 spiro atoms. The maximum atomic E-state index is 12.5. The maximum absolute atomic E-state index is 12.5. The van der Waals surface area contributed by atoms with Gasteiger partial charge in [0.1, 0.15) is 11.3 Å². The SMILES string of the molecule is CCCc1cc(=O)oc2c(C)c(OCC(=O)NCC3CCCN4CCCCC34)ccc12. The Morgan fingerprint density at radius 1 is 1.23 bits per heavy atom. The fourth-order valence-electron chi connectivity index (χ4n) is 5.30. The molecule has 2 saturated heterocycles. The number of aryl methyl sites for hydroxylation is 2. The van der Waals surface area contributed by atoms with E-state index in [4.69, 9.17) is 9.15 Å². The fraction of sp³-hybridized carbons (Fsp3) is 0.600. The first-order valence-electron chi connectivity index (χ1n) is 11.8. The third kappa shape index (κ3) is 4.95. The molecule has 4 rings (SSSR count). The molecule has 31 heavy (non-hydrogen) atoms. The molecule has 2 aromatic rings. The highest BCUT2D eigenvalue weighted by Gasteiger charge is 2.32. The number of nitrogens with zero attached hydrogens (tertiary/aromatic N) is 1. The number of benzene rings is 1. The van der Waals surface area contributed by atoms with E-state index in [2.05, 4.69) is 17.1 Å². The second-order valence-electron chi connectivity index (χ2n) is 9.00. The van der Waals surface area contributed by atoms with Crippen LogP contribution in [-0.4, -0.2) is 43.1 Å². The molecule has 3 heterocycles. The summed E-state index contributed by atoms with van der Waals surface area (Å²) in [6, 6.07) is 5.97. The zero-order valence-corrected chi connectivity index (χ0v) is 18.7. The molecule has 1 N–H and O–H groups in total. The molecule has 2 unspecified atom stereocenters. The second-order valence-corrected chi connectivity index (χ2v) is 9.00. The number of ether oxygens (including phenoxy) is 1. The lowest BCUT2D eigenvalue weighted by molar-refractivity contribution is -0.123. The van der Waals surface area contributed by atoms with Crippen molar-refractivity contribution >= 4 is 16.9 Å². The van der Waals surface area contributed by atoms with Crippen molar-refractivity contribution in [3.63, 3.8) is 0 Å². The van der Waals surface area contributed by atoms with E-state index in [0.717, 1.165) is 35.9 Å². The summed E-state index contributed by atoms with van der Waals surface area (Å²) >= 11 is 0. The molecule has 0 bridgehead atoms. The van der Waals surface area contributed by atoms with Crippen LogP contribution in [0, 0.1) is 12.8 Å². The zero-order valence-electron chi connectivity index (χ0n) is 18.7. The lowest BCUT2D eigenvalue weighted by Crippen LogP contribution is -2.51. The van der Waals surface area contributed by atoms with Crippen LogP contribution in [0.25, 0.3) is 11.0 Å². The Bertz CT molecular complexity index is 981. The summed E-state index contributed by atoms with van der Waals surface area (Å²) in [5.74, 6) is 1.01. The summed E-state index contributed by atoms with van der Waals surface area (Å²) in [5, 5.41) is 4.02. The van der Waals surface area contributed by atoms with Gasteiger partial charge in [0.25, 0.3) is 5.91 Å². The number of piperidine rings is 2. The molecule has 2 aliphatic rings. The van der Waals surface area contributed by atoms with Crippen LogP contribution in [0.4, 0.5) is 0 Å². The summed E-state index contributed by atoms with van der Waals surface area (Å²) in [4.78, 5) is 27.0. The van der Waals surface area contributed by atoms with Crippen LogP contribution in [0.5, 0.6) is 5.75 Å². The Morgan fingerprint density at radius 3 is 2.90 bits per heavy atom. The van der Waals surface area contributed by atoms with Gasteiger partial charge in [0.2, 0.25) is 0 Å². The van der Waals surface area contributed by atoms with E-state index in [1.54, 1.807) is 6.07 Å². The van der Waals surface area contributed by atoms with Crippen molar-refractivity contribution in [2.75, 3.05) is 26.2 Å². The van der Waals surface area contributed by atoms with Crippen LogP contribution in [-0.2, 0) is 11.2 Å². The summed E-state index contributed by atoms with van der Waals surface area (Å²) in [6.07, 6.45) is 8.03. The molecular formula is C25H34N2O4. The van der Waals surface area contributed by atoms with Crippen molar-refractivity contribution in [3.05, 3.63) is 39.7 Å². The third-order valence-corrected chi connectivity index (χ3v) is 6.87. The first-order valence-corrected chi connectivity index (χ1v) is 11.8. The van der Waals surface area contributed by atoms with Crippen molar-refractivity contribution in [2.45, 2.75) is 64.8 Å². The zero-order chi connectivity index (χ0) is 21.8. The number of rotatable bonds is 7. The molecule has 2 atom stereocenters. The first-order chi connectivity index (χ1) is 15.1. The van der Waals surface area contributed by atoms with E-state index < -0.39 is 0 Å². The molecule has 1 aromatic carbocycles. The normalized spacial score (nSPS) is 21.6. The number of carbonyl (C=O) groups is 1. The van der Waals surface area contributed by atoms with Gasteiger partial charge in [-0.15, -0.1) is 0 Å². The number of fused-ring (bicyclic) bond motifs is 2. The topological polar surface area (TPSA) is 71.8 Å². The largest absolute Gasteiger partial charge is 0.483 e. The average Bonchev–Trinajstić information content (AvgIpc) is 2.78. The number of nitrogens with one attached hydrogen (secondary N) is 1. The summed E-state index contributed by atoms with van der Waals surface area (Å²) < 4.78 is 11.3. The van der Waals surface area contributed by atoms with Gasteiger partial charge < -0.3 is 19.4 Å². The highest BCUT2D eigenvalue weighted by Crippen LogP contribution is 2.31. The number of amides is 1. The molecular weight excluding hydrogens is 392 g/mol. The number of carbonyl (C=O) groups excluding carboxylic acids is 1. The molecule has 6 nitrogen and oxygen atoms in total. The lowest BCUT2D eigenvalue weighted by Gasteiger charge is -2.44. The van der Waals surface area contributed by atoms with Crippen LogP contribution >= 0.6 is 0 Å². The highest BCUT2D eigenvalue weighted by molar-refractivity contribution is 5.85. The molecule has 6 heteroatoms. The van der Waals surface area contributed by atoms with Gasteiger partial charge in [-0.2, -0.15) is 0 Å². The first kappa shape index (κ1) is 21.9. The molecule has 2 aliphatic heterocycles. The van der Waals surface area contributed by atoms with E-state index in [9.17, 15) is 9.59 Å². The van der Waals surface area contributed by atoms with Crippen molar-refractivity contribution in [1.29, 1.82) is 0 Å². The lowest BCUT2D eigenvalue weighted by atomic mass is 9.83. The summed E-state index contributed by atoms with van der Waals surface area (Å²) in [5.41, 5.74) is 1.95. The quantitative estimate of drug-likeness (QED) is 0.682. The van der Waals surface area contributed by atoms with Gasteiger partial charge in [-0.3, -0.25) is 4.79 Å². The maximum Gasteiger partial charge on any atom is 0.336 e. The van der Waals surface area contributed by atoms with Crippen LogP contribution in [0.15, 0.2) is 27.4 Å². The molecule has 0 aliphatic carbocycles. The van der Waals surface area contributed by atoms with Crippen molar-refractivity contribution in [1.82, 2.24) is 10.2 Å². The predicted octanol–water partition coefficient (Wildman–Crippen LogP) is 3.81. The minimum atomic E-state index is -0.349. The van der Waals surface area contributed by atoms with Crippen molar-refractivity contribution < 1.29 is 13.9 Å². The average molecular weight is 427 g/mol. The molecule has 0 radical (unpaired) electrons. The minimum absolute atomic E-state index is 0.0354. The van der Waals surface area contributed by atoms with Crippen LogP contribution in [0.1, 0.15) is 56.6 Å². The Hall–Kier alpha value is -2.34. The molecule has 168 valence electrons. The van der Waals surface area contributed by atoms with Gasteiger partial charge in [0.05, 0.1) is 0 Å². The van der Waals surface area contributed by atoms with Gasteiger partial charge >= 0.3 is 5.63 Å². The molecule has 1 amide bonds. The highest BCUT2D eigenvalue weighted by atomic mass is 16.5. The molecule has 1 aromatic heterocycles. The fourth-order valence-corrected chi connectivity index (χ4v) is 5.30. The van der Waals surface area contributed by atoms with Crippen molar-refractivity contribution in [3.8, 4) is 5.75 Å². The van der Waals surface area contributed by atoms with Crippen LogP contribution in [0.2, 0.25) is 0 Å². The van der Waals surface area contributed by atoms with Gasteiger partial charge in [-0.25, -0.2) is 4.79 Å². The standard InChI is InChI=1S/C25H34N2O4/c1-3-7-18-14-24(29)31-25-17(2)22(11-10-20(18)25)30-16-23(28)26-15-19-8-6-13-27-12-5-4-9-21(19)27/h10-11,14,19,21H,3-9,12-13,15-16H2,1-2H3,(H,26,28). The van der Waals surface area contributed by atoms with Gasteiger partial charge in [-0.05, 0) is 75.7 Å². The monoisotopic (exact) mass is 426 g/mol. The Kier molecular flexibility index (Phi) is 6.96. The second kappa shape index (κ2) is 9.86. The third-order valence-electron chi connectivity index (χ3n) is 6.87. The molecule has 2 fully saturated rings. The van der Waals surface area contributed by atoms with E-state index >= 15 is 0 Å². The smallest absolute Gasteiger partial charge is 0.336 e. The van der Waals surface area contributed by atoms with E-state index in [1.807, 2.05) is 19.1 Å². The van der Waals surface area contributed by atoms with Crippen LogP contribution in [0.3, 0.4) is 0 Å². The van der Waals surface area contributed by atoms with Crippen molar-refractivity contribution in [2.24, 2.45) is 5.92 Å². The van der Waals surface area contributed by atoms with E-state index in [1.165, 1.54) is 45.2 Å². The Balaban J connectivity index is 1.37. The summed E-state index contributed by atoms with van der Waals surface area (Å²) in [6.45, 7) is 7.04. The summed E-state index contributed by atoms with van der Waals surface area (Å²) in [7, 11) is 0. The van der Waals surface area contributed by atoms with E-state index in [0.29, 0.717) is 23.3 Å². The van der Waals surface area contributed by atoms with Gasteiger partial charge in [0.15, 0.2) is 6.61 Å². The van der Waals surface area contributed by atoms with E-state index in [-0.39, 0.29) is 18.1 Å². The van der Waals surface area contributed by atoms with Gasteiger partial charge in [-0.1, -0.05) is 19.8 Å².